The lowest BCUT2D eigenvalue weighted by Gasteiger charge is -2.12. The summed E-state index contributed by atoms with van der Waals surface area (Å²) in [5.74, 6) is 0.272. The zero-order valence-corrected chi connectivity index (χ0v) is 22.3. The zero-order chi connectivity index (χ0) is 30.3. The fraction of sp³-hybridized carbons (Fsp3) is 0.0714. The Morgan fingerprint density at radius 3 is 2.36 bits per heavy atom. The Hall–Kier alpha value is -5.30. The highest BCUT2D eigenvalue weighted by Gasteiger charge is 2.33. The highest BCUT2D eigenvalue weighted by molar-refractivity contribution is 6.31. The average Bonchev–Trinajstić information content (AvgIpc) is 2.95. The number of methoxy groups -OCH3 is 1. The van der Waals surface area contributed by atoms with Gasteiger partial charge in [0, 0.05) is 23.6 Å². The minimum atomic E-state index is -4.67. The van der Waals surface area contributed by atoms with E-state index < -0.39 is 28.7 Å². The van der Waals surface area contributed by atoms with Gasteiger partial charge in [0.25, 0.3) is 5.91 Å². The number of aromatic nitrogens is 1. The standard InChI is InChI=1S/C28H21ClF3N5O5/c1-41-25-9-2-16(12-24(25)38)15-34-37-26(39)23-14-20(10-11-33-23)42-19-6-3-17(4-7-19)35-27(40)36-18-5-8-22(29)21(13-18)28(30,31)32/h2-15,38H,1H3,(H,37,39)(H2,35,36,40)/b34-15+. The molecule has 0 aliphatic rings. The first-order valence-electron chi connectivity index (χ1n) is 11.9. The molecule has 4 rings (SSSR count). The van der Waals surface area contributed by atoms with Crippen LogP contribution >= 0.6 is 11.6 Å². The molecule has 0 spiro atoms. The predicted octanol–water partition coefficient (Wildman–Crippen LogP) is 6.67. The number of amides is 3. The van der Waals surface area contributed by atoms with Crippen LogP contribution in [-0.2, 0) is 6.18 Å². The predicted molar refractivity (Wildman–Crippen MR) is 150 cm³/mol. The van der Waals surface area contributed by atoms with Crippen LogP contribution < -0.4 is 25.5 Å². The van der Waals surface area contributed by atoms with Gasteiger partial charge in [-0.25, -0.2) is 10.2 Å². The molecule has 4 N–H and O–H groups in total. The molecule has 4 aromatic rings. The molecule has 1 heterocycles. The van der Waals surface area contributed by atoms with Gasteiger partial charge >= 0.3 is 12.2 Å². The Morgan fingerprint density at radius 2 is 1.67 bits per heavy atom. The fourth-order valence-corrected chi connectivity index (χ4v) is 3.69. The molecule has 0 radical (unpaired) electrons. The molecule has 42 heavy (non-hydrogen) atoms. The summed E-state index contributed by atoms with van der Waals surface area (Å²) in [5.41, 5.74) is 2.06. The topological polar surface area (TPSA) is 134 Å². The lowest BCUT2D eigenvalue weighted by molar-refractivity contribution is -0.137. The van der Waals surface area contributed by atoms with Crippen molar-refractivity contribution in [2.45, 2.75) is 6.18 Å². The first kappa shape index (κ1) is 29.7. The average molecular weight is 600 g/mol. The van der Waals surface area contributed by atoms with Crippen LogP contribution in [0.2, 0.25) is 5.02 Å². The van der Waals surface area contributed by atoms with Gasteiger partial charge in [0.05, 0.1) is 23.9 Å². The first-order chi connectivity index (χ1) is 20.0. The number of alkyl halides is 3. The number of carbonyl (C=O) groups is 2. The molecule has 3 aromatic carbocycles. The van der Waals surface area contributed by atoms with Crippen LogP contribution in [0.5, 0.6) is 23.0 Å². The highest BCUT2D eigenvalue weighted by atomic mass is 35.5. The lowest BCUT2D eigenvalue weighted by atomic mass is 10.2. The van der Waals surface area contributed by atoms with E-state index in [1.54, 1.807) is 12.1 Å². The second-order valence-electron chi connectivity index (χ2n) is 8.41. The van der Waals surface area contributed by atoms with Gasteiger partial charge in [0.2, 0.25) is 0 Å². The van der Waals surface area contributed by atoms with Crippen LogP contribution in [0.3, 0.4) is 0 Å². The normalized spacial score (nSPS) is 11.2. The quantitative estimate of drug-likeness (QED) is 0.132. The summed E-state index contributed by atoms with van der Waals surface area (Å²) in [6.07, 6.45) is -1.96. The van der Waals surface area contributed by atoms with Crippen LogP contribution in [0.4, 0.5) is 29.3 Å². The molecular formula is C28H21ClF3N5O5. The van der Waals surface area contributed by atoms with Crippen LogP contribution in [0, 0.1) is 0 Å². The Balaban J connectivity index is 1.32. The number of ether oxygens (including phenoxy) is 2. The number of nitrogens with zero attached hydrogens (tertiary/aromatic N) is 2. The molecule has 0 saturated heterocycles. The number of hydrazone groups is 1. The molecule has 0 atom stereocenters. The van der Waals surface area contributed by atoms with Gasteiger partial charge in [-0.05, 0) is 72.3 Å². The van der Waals surface area contributed by atoms with Crippen molar-refractivity contribution in [3.05, 3.63) is 101 Å². The number of rotatable bonds is 8. The first-order valence-corrected chi connectivity index (χ1v) is 12.3. The summed E-state index contributed by atoms with van der Waals surface area (Å²) in [6.45, 7) is 0. The van der Waals surface area contributed by atoms with Gasteiger partial charge < -0.3 is 25.2 Å². The Kier molecular flexibility index (Phi) is 9.12. The van der Waals surface area contributed by atoms with Crippen LogP contribution in [0.1, 0.15) is 21.6 Å². The minimum absolute atomic E-state index is 0.0214. The van der Waals surface area contributed by atoms with Gasteiger partial charge in [-0.15, -0.1) is 0 Å². The molecule has 3 amide bonds. The van der Waals surface area contributed by atoms with Crippen molar-refractivity contribution in [2.24, 2.45) is 5.10 Å². The summed E-state index contributed by atoms with van der Waals surface area (Å²) in [4.78, 5) is 28.7. The Labute approximate surface area is 241 Å². The van der Waals surface area contributed by atoms with E-state index in [1.165, 1.54) is 68.1 Å². The maximum absolute atomic E-state index is 13.0. The molecule has 1 aromatic heterocycles. The van der Waals surface area contributed by atoms with Crippen molar-refractivity contribution < 1.29 is 37.3 Å². The van der Waals surface area contributed by atoms with E-state index in [2.05, 4.69) is 26.1 Å². The molecule has 0 bridgehead atoms. The number of hydrogen-bond acceptors (Lipinski definition) is 7. The fourth-order valence-electron chi connectivity index (χ4n) is 3.46. The van der Waals surface area contributed by atoms with E-state index in [0.29, 0.717) is 28.5 Å². The molecule has 216 valence electrons. The number of phenols is 1. The molecule has 14 heteroatoms. The number of aromatic hydroxyl groups is 1. The summed E-state index contributed by atoms with van der Waals surface area (Å²) >= 11 is 5.60. The summed E-state index contributed by atoms with van der Waals surface area (Å²) < 4.78 is 49.9. The monoisotopic (exact) mass is 599 g/mol. The third-order valence-corrected chi connectivity index (χ3v) is 5.75. The maximum atomic E-state index is 13.0. The summed E-state index contributed by atoms with van der Waals surface area (Å²) in [6, 6.07) is 15.9. The van der Waals surface area contributed by atoms with E-state index in [9.17, 15) is 27.9 Å². The second-order valence-corrected chi connectivity index (χ2v) is 8.81. The second kappa shape index (κ2) is 12.9. The lowest BCUT2D eigenvalue weighted by Crippen LogP contribution is -2.19. The number of nitrogens with one attached hydrogen (secondary N) is 3. The molecule has 0 unspecified atom stereocenters. The maximum Gasteiger partial charge on any atom is 0.417 e. The van der Waals surface area contributed by atoms with Crippen molar-refractivity contribution in [1.29, 1.82) is 0 Å². The van der Waals surface area contributed by atoms with Gasteiger partial charge in [0.1, 0.15) is 17.2 Å². The number of phenolic OH excluding ortho intramolecular Hbond substituents is 1. The molecular weight excluding hydrogens is 579 g/mol. The van der Waals surface area contributed by atoms with Gasteiger partial charge in [-0.1, -0.05) is 11.6 Å². The number of hydrogen-bond donors (Lipinski definition) is 4. The minimum Gasteiger partial charge on any atom is -0.504 e. The molecule has 0 saturated carbocycles. The van der Waals surface area contributed by atoms with Gasteiger partial charge in [0.15, 0.2) is 11.5 Å². The van der Waals surface area contributed by atoms with E-state index in [1.807, 2.05) is 0 Å². The summed E-state index contributed by atoms with van der Waals surface area (Å²) in [5, 5.41) is 18.0. The number of carbonyl (C=O) groups excluding carboxylic acids is 2. The SMILES string of the molecule is COc1ccc(/C=N/NC(=O)c2cc(Oc3ccc(NC(=O)Nc4ccc(Cl)c(C(F)(F)F)c4)cc3)ccn2)cc1O. The highest BCUT2D eigenvalue weighted by Crippen LogP contribution is 2.36. The van der Waals surface area contributed by atoms with E-state index in [4.69, 9.17) is 21.1 Å². The number of benzene rings is 3. The largest absolute Gasteiger partial charge is 0.504 e. The third-order valence-electron chi connectivity index (χ3n) is 5.42. The Morgan fingerprint density at radius 1 is 0.952 bits per heavy atom. The number of anilines is 2. The Bertz CT molecular complexity index is 1630. The number of urea groups is 1. The molecule has 0 aliphatic heterocycles. The van der Waals surface area contributed by atoms with Crippen molar-refractivity contribution in [2.75, 3.05) is 17.7 Å². The summed E-state index contributed by atoms with van der Waals surface area (Å²) in [7, 11) is 1.43. The number of pyridine rings is 1. The van der Waals surface area contributed by atoms with Gasteiger partial charge in [-0.2, -0.15) is 18.3 Å². The van der Waals surface area contributed by atoms with Crippen molar-refractivity contribution in [1.82, 2.24) is 10.4 Å². The van der Waals surface area contributed by atoms with E-state index in [-0.39, 0.29) is 17.1 Å². The van der Waals surface area contributed by atoms with Crippen LogP contribution in [0.15, 0.2) is 84.1 Å². The molecule has 0 aliphatic carbocycles. The van der Waals surface area contributed by atoms with E-state index in [0.717, 1.165) is 12.1 Å². The van der Waals surface area contributed by atoms with Gasteiger partial charge in [-0.3, -0.25) is 9.78 Å². The smallest absolute Gasteiger partial charge is 0.417 e. The third kappa shape index (κ3) is 7.88. The van der Waals surface area contributed by atoms with Crippen LogP contribution in [0.25, 0.3) is 0 Å². The molecule has 0 fully saturated rings. The van der Waals surface area contributed by atoms with Crippen molar-refractivity contribution in [3.8, 4) is 23.0 Å². The molecule has 10 nitrogen and oxygen atoms in total. The number of halogens is 4. The van der Waals surface area contributed by atoms with Crippen LogP contribution in [-0.4, -0.2) is 35.4 Å². The van der Waals surface area contributed by atoms with Crippen molar-refractivity contribution >= 4 is 41.1 Å². The van der Waals surface area contributed by atoms with E-state index >= 15 is 0 Å². The van der Waals surface area contributed by atoms with Crippen molar-refractivity contribution in [3.63, 3.8) is 0 Å². The zero-order valence-electron chi connectivity index (χ0n) is 21.6.